The maximum atomic E-state index is 5.56. The lowest BCUT2D eigenvalue weighted by atomic mass is 10.2. The van der Waals surface area contributed by atoms with Crippen LogP contribution in [0, 0.1) is 0 Å². The highest BCUT2D eigenvalue weighted by molar-refractivity contribution is 4.68. The molecule has 0 radical (unpaired) electrons. The lowest BCUT2D eigenvalue weighted by Gasteiger charge is -2.31. The largest absolute Gasteiger partial charge is 0.383 e. The Labute approximate surface area is 110 Å². The van der Waals surface area contributed by atoms with Crippen molar-refractivity contribution in [1.29, 1.82) is 0 Å². The Balaban J connectivity index is 2.29. The minimum Gasteiger partial charge on any atom is -0.383 e. The van der Waals surface area contributed by atoms with Crippen molar-refractivity contribution in [2.75, 3.05) is 53.7 Å². The van der Waals surface area contributed by atoms with Crippen LogP contribution in [0.2, 0.25) is 0 Å². The third-order valence-corrected chi connectivity index (χ3v) is 3.16. The van der Waals surface area contributed by atoms with Crippen LogP contribution in [0.4, 0.5) is 0 Å². The first kappa shape index (κ1) is 15.9. The van der Waals surface area contributed by atoms with Crippen LogP contribution in [-0.4, -0.2) is 71.0 Å². The zero-order valence-corrected chi connectivity index (χ0v) is 11.9. The summed E-state index contributed by atoms with van der Waals surface area (Å²) in [5.74, 6) is 0. The number of hydrogen-bond acceptors (Lipinski definition) is 5. The summed E-state index contributed by atoms with van der Waals surface area (Å²) >= 11 is 0. The zero-order valence-electron chi connectivity index (χ0n) is 11.9. The summed E-state index contributed by atoms with van der Waals surface area (Å²) in [6.45, 7) is 7.12. The van der Waals surface area contributed by atoms with E-state index in [4.69, 9.17) is 18.9 Å². The number of rotatable bonds is 9. The van der Waals surface area contributed by atoms with E-state index in [1.165, 1.54) is 0 Å². The van der Waals surface area contributed by atoms with Crippen molar-refractivity contribution in [3.63, 3.8) is 0 Å². The van der Waals surface area contributed by atoms with Crippen molar-refractivity contribution in [2.45, 2.75) is 32.1 Å². The Hall–Kier alpha value is -0.200. The van der Waals surface area contributed by atoms with Crippen LogP contribution in [-0.2, 0) is 18.9 Å². The molecule has 0 spiro atoms. The van der Waals surface area contributed by atoms with Crippen LogP contribution >= 0.6 is 0 Å². The average Bonchev–Trinajstić information content (AvgIpc) is 2.40. The summed E-state index contributed by atoms with van der Waals surface area (Å²) in [4.78, 5) is 2.36. The van der Waals surface area contributed by atoms with Crippen LogP contribution < -0.4 is 0 Å². The van der Waals surface area contributed by atoms with E-state index in [0.717, 1.165) is 52.4 Å². The molecule has 1 atom stereocenters. The van der Waals surface area contributed by atoms with Gasteiger partial charge in [-0.3, -0.25) is 4.90 Å². The van der Waals surface area contributed by atoms with Gasteiger partial charge in [-0.2, -0.15) is 0 Å². The van der Waals surface area contributed by atoms with E-state index in [0.29, 0.717) is 6.04 Å². The Bertz CT molecular complexity index is 197. The van der Waals surface area contributed by atoms with Crippen molar-refractivity contribution in [1.82, 2.24) is 4.90 Å². The Morgan fingerprint density at radius 3 is 2.50 bits per heavy atom. The summed E-state index contributed by atoms with van der Waals surface area (Å²) in [5, 5.41) is 0. The monoisotopic (exact) mass is 261 g/mol. The fraction of sp³-hybridized carbons (Fsp3) is 1.00. The summed E-state index contributed by atoms with van der Waals surface area (Å²) in [6.07, 6.45) is 1.86. The predicted molar refractivity (Wildman–Crippen MR) is 69.7 cm³/mol. The SMILES string of the molecule is COCCN(CCC1OCCCO1)C(C)COC. The van der Waals surface area contributed by atoms with Gasteiger partial charge in [0.05, 0.1) is 26.4 Å². The molecular formula is C13H27NO4. The van der Waals surface area contributed by atoms with Gasteiger partial charge in [0.25, 0.3) is 0 Å². The third-order valence-electron chi connectivity index (χ3n) is 3.16. The first-order valence-electron chi connectivity index (χ1n) is 6.73. The van der Waals surface area contributed by atoms with Gasteiger partial charge in [-0.25, -0.2) is 0 Å². The standard InChI is InChI=1S/C13H27NO4/c1-12(11-16-3)14(7-10-15-2)6-5-13-17-8-4-9-18-13/h12-13H,4-11H2,1-3H3. The molecule has 18 heavy (non-hydrogen) atoms. The fourth-order valence-electron chi connectivity index (χ4n) is 2.08. The summed E-state index contributed by atoms with van der Waals surface area (Å²) in [7, 11) is 3.46. The van der Waals surface area contributed by atoms with E-state index in [-0.39, 0.29) is 6.29 Å². The van der Waals surface area contributed by atoms with Gasteiger partial charge in [-0.1, -0.05) is 0 Å². The van der Waals surface area contributed by atoms with Crippen LogP contribution in [0.5, 0.6) is 0 Å². The number of nitrogens with zero attached hydrogens (tertiary/aromatic N) is 1. The molecule has 5 nitrogen and oxygen atoms in total. The third kappa shape index (κ3) is 6.11. The van der Waals surface area contributed by atoms with E-state index < -0.39 is 0 Å². The fourth-order valence-corrected chi connectivity index (χ4v) is 2.08. The molecule has 0 aromatic carbocycles. The molecular weight excluding hydrogens is 234 g/mol. The summed E-state index contributed by atoms with van der Waals surface area (Å²) in [5.41, 5.74) is 0. The average molecular weight is 261 g/mol. The molecule has 5 heteroatoms. The van der Waals surface area contributed by atoms with Crippen LogP contribution in [0.3, 0.4) is 0 Å². The second kappa shape index (κ2) is 9.69. The highest BCUT2D eigenvalue weighted by atomic mass is 16.7. The number of methoxy groups -OCH3 is 2. The lowest BCUT2D eigenvalue weighted by Crippen LogP contribution is -2.41. The van der Waals surface area contributed by atoms with Crippen molar-refractivity contribution in [2.24, 2.45) is 0 Å². The molecule has 1 fully saturated rings. The van der Waals surface area contributed by atoms with Crippen molar-refractivity contribution < 1.29 is 18.9 Å². The molecule has 0 saturated carbocycles. The van der Waals surface area contributed by atoms with E-state index in [1.807, 2.05) is 0 Å². The van der Waals surface area contributed by atoms with Gasteiger partial charge in [0.2, 0.25) is 0 Å². The first-order chi connectivity index (χ1) is 8.77. The smallest absolute Gasteiger partial charge is 0.158 e. The second-order valence-corrected chi connectivity index (χ2v) is 4.65. The maximum Gasteiger partial charge on any atom is 0.158 e. The molecule has 0 bridgehead atoms. The molecule has 0 amide bonds. The van der Waals surface area contributed by atoms with Crippen molar-refractivity contribution >= 4 is 0 Å². The highest BCUT2D eigenvalue weighted by Gasteiger charge is 2.18. The minimum atomic E-state index is -0.0430. The maximum absolute atomic E-state index is 5.56. The predicted octanol–water partition coefficient (Wildman–Crippen LogP) is 1.12. The van der Waals surface area contributed by atoms with E-state index in [1.54, 1.807) is 14.2 Å². The van der Waals surface area contributed by atoms with Gasteiger partial charge in [-0.15, -0.1) is 0 Å². The van der Waals surface area contributed by atoms with Gasteiger partial charge in [-0.05, 0) is 13.3 Å². The second-order valence-electron chi connectivity index (χ2n) is 4.65. The molecule has 1 aliphatic heterocycles. The molecule has 0 aromatic rings. The van der Waals surface area contributed by atoms with Gasteiger partial charge in [0, 0.05) is 39.8 Å². The molecule has 0 aliphatic carbocycles. The van der Waals surface area contributed by atoms with E-state index in [9.17, 15) is 0 Å². The molecule has 1 heterocycles. The molecule has 1 unspecified atom stereocenters. The lowest BCUT2D eigenvalue weighted by molar-refractivity contribution is -0.183. The zero-order chi connectivity index (χ0) is 13.2. The molecule has 0 N–H and O–H groups in total. The molecule has 1 rings (SSSR count). The van der Waals surface area contributed by atoms with Gasteiger partial charge < -0.3 is 18.9 Å². The summed E-state index contributed by atoms with van der Waals surface area (Å²) < 4.78 is 21.5. The van der Waals surface area contributed by atoms with Crippen LogP contribution in [0.15, 0.2) is 0 Å². The minimum absolute atomic E-state index is 0.0430. The number of hydrogen-bond donors (Lipinski definition) is 0. The first-order valence-corrected chi connectivity index (χ1v) is 6.73. The molecule has 1 saturated heterocycles. The van der Waals surface area contributed by atoms with Crippen LogP contribution in [0.25, 0.3) is 0 Å². The van der Waals surface area contributed by atoms with Crippen LogP contribution in [0.1, 0.15) is 19.8 Å². The van der Waals surface area contributed by atoms with Gasteiger partial charge in [0.15, 0.2) is 6.29 Å². The molecule has 1 aliphatic rings. The summed E-state index contributed by atoms with van der Waals surface area (Å²) in [6, 6.07) is 0.383. The van der Waals surface area contributed by atoms with Gasteiger partial charge >= 0.3 is 0 Å². The van der Waals surface area contributed by atoms with E-state index >= 15 is 0 Å². The van der Waals surface area contributed by atoms with E-state index in [2.05, 4.69) is 11.8 Å². The topological polar surface area (TPSA) is 40.2 Å². The Morgan fingerprint density at radius 2 is 1.89 bits per heavy atom. The Morgan fingerprint density at radius 1 is 1.17 bits per heavy atom. The Kier molecular flexibility index (Phi) is 8.54. The molecule has 108 valence electrons. The quantitative estimate of drug-likeness (QED) is 0.622. The van der Waals surface area contributed by atoms with Crippen molar-refractivity contribution in [3.8, 4) is 0 Å². The normalized spacial score (nSPS) is 19.3. The van der Waals surface area contributed by atoms with Gasteiger partial charge in [0.1, 0.15) is 0 Å². The number of ether oxygens (including phenoxy) is 4. The van der Waals surface area contributed by atoms with Crippen molar-refractivity contribution in [3.05, 3.63) is 0 Å². The highest BCUT2D eigenvalue weighted by Crippen LogP contribution is 2.10. The molecule has 0 aromatic heterocycles.